The van der Waals surface area contributed by atoms with Crippen molar-refractivity contribution in [2.24, 2.45) is 0 Å². The van der Waals surface area contributed by atoms with Gasteiger partial charge in [0.15, 0.2) is 0 Å². The Labute approximate surface area is 116 Å². The van der Waals surface area contributed by atoms with Crippen molar-refractivity contribution < 1.29 is 14.3 Å². The maximum atomic E-state index is 11.3. The summed E-state index contributed by atoms with van der Waals surface area (Å²) in [5.74, 6) is 0. The van der Waals surface area contributed by atoms with E-state index in [0.29, 0.717) is 26.3 Å². The number of carbonyl (C=O) groups excluding carboxylic acids is 1. The van der Waals surface area contributed by atoms with Crippen LogP contribution in [-0.2, 0) is 9.47 Å². The van der Waals surface area contributed by atoms with Crippen molar-refractivity contribution in [1.29, 1.82) is 0 Å². The zero-order valence-electron chi connectivity index (χ0n) is 11.7. The first-order chi connectivity index (χ1) is 8.72. The molecule has 0 saturated heterocycles. The van der Waals surface area contributed by atoms with E-state index in [1.54, 1.807) is 4.90 Å². The maximum absolute atomic E-state index is 11.3. The third-order valence-corrected chi connectivity index (χ3v) is 2.85. The van der Waals surface area contributed by atoms with Gasteiger partial charge in [-0.05, 0) is 12.8 Å². The van der Waals surface area contributed by atoms with E-state index < -0.39 is 0 Å². The summed E-state index contributed by atoms with van der Waals surface area (Å²) in [5, 5.41) is -0.215. The number of hydrogen-bond acceptors (Lipinski definition) is 3. The molecule has 0 rings (SSSR count). The number of thiol groups is 1. The minimum Gasteiger partial charge on any atom is -0.380 e. The lowest BCUT2D eigenvalue weighted by molar-refractivity contribution is 0.0874. The van der Waals surface area contributed by atoms with Gasteiger partial charge in [-0.1, -0.05) is 39.3 Å². The fourth-order valence-corrected chi connectivity index (χ4v) is 1.55. The Morgan fingerprint density at radius 3 is 1.72 bits per heavy atom. The van der Waals surface area contributed by atoms with Gasteiger partial charge in [-0.25, -0.2) is 0 Å². The summed E-state index contributed by atoms with van der Waals surface area (Å²) in [6.07, 6.45) is 4.38. The van der Waals surface area contributed by atoms with Crippen molar-refractivity contribution in [3.05, 3.63) is 0 Å². The molecule has 0 aromatic rings. The fraction of sp³-hybridized carbons (Fsp3) is 0.923. The highest BCUT2D eigenvalue weighted by molar-refractivity contribution is 7.96. The van der Waals surface area contributed by atoms with Crippen LogP contribution >= 0.6 is 12.6 Å². The average Bonchev–Trinajstić information content (AvgIpc) is 2.35. The van der Waals surface area contributed by atoms with E-state index in [0.717, 1.165) is 38.9 Å². The van der Waals surface area contributed by atoms with Gasteiger partial charge in [0.1, 0.15) is 0 Å². The van der Waals surface area contributed by atoms with E-state index in [9.17, 15) is 4.79 Å². The van der Waals surface area contributed by atoms with Crippen LogP contribution in [0.3, 0.4) is 0 Å². The Hall–Kier alpha value is -0.260. The number of carbonyl (C=O) groups is 1. The van der Waals surface area contributed by atoms with Gasteiger partial charge >= 0.3 is 0 Å². The van der Waals surface area contributed by atoms with Crippen LogP contribution in [0.5, 0.6) is 0 Å². The van der Waals surface area contributed by atoms with Gasteiger partial charge < -0.3 is 14.4 Å². The van der Waals surface area contributed by atoms with Gasteiger partial charge in [-0.15, -0.1) is 0 Å². The standard InChI is InChI=1S/C13H27NO3S/c1-3-5-9-16-11-7-14(13(15)18)8-12-17-10-6-4-2/h3-12H2,1-2H3,(H,15,18). The zero-order valence-corrected chi connectivity index (χ0v) is 12.6. The molecule has 0 unspecified atom stereocenters. The predicted octanol–water partition coefficient (Wildman–Crippen LogP) is 2.97. The second-order valence-corrected chi connectivity index (χ2v) is 4.58. The number of hydrogen-bond donors (Lipinski definition) is 1. The van der Waals surface area contributed by atoms with Crippen LogP contribution in [0.4, 0.5) is 4.79 Å². The Balaban J connectivity index is 3.56. The summed E-state index contributed by atoms with van der Waals surface area (Å²) in [5.41, 5.74) is 0. The van der Waals surface area contributed by atoms with Crippen LogP contribution in [0.25, 0.3) is 0 Å². The SMILES string of the molecule is CCCCOCCN(CCOCCCC)C(=O)S. The first-order valence-corrected chi connectivity index (χ1v) is 7.30. The summed E-state index contributed by atoms with van der Waals surface area (Å²) < 4.78 is 10.9. The van der Waals surface area contributed by atoms with Gasteiger partial charge in [0.05, 0.1) is 13.2 Å². The van der Waals surface area contributed by atoms with E-state index in [1.807, 2.05) is 0 Å². The summed E-state index contributed by atoms with van der Waals surface area (Å²) in [4.78, 5) is 12.9. The molecule has 4 nitrogen and oxygen atoms in total. The van der Waals surface area contributed by atoms with E-state index in [4.69, 9.17) is 9.47 Å². The van der Waals surface area contributed by atoms with E-state index >= 15 is 0 Å². The highest BCUT2D eigenvalue weighted by Gasteiger charge is 2.08. The van der Waals surface area contributed by atoms with E-state index in [1.165, 1.54) is 0 Å². The number of amides is 1. The first kappa shape index (κ1) is 17.7. The third-order valence-electron chi connectivity index (χ3n) is 2.57. The molecular formula is C13H27NO3S. The Bertz CT molecular complexity index is 189. The summed E-state index contributed by atoms with van der Waals surface area (Å²) >= 11 is 3.86. The van der Waals surface area contributed by atoms with Crippen molar-refractivity contribution in [1.82, 2.24) is 4.90 Å². The molecular weight excluding hydrogens is 250 g/mol. The molecule has 18 heavy (non-hydrogen) atoms. The quantitative estimate of drug-likeness (QED) is 0.440. The molecule has 0 heterocycles. The topological polar surface area (TPSA) is 38.8 Å². The van der Waals surface area contributed by atoms with Crippen LogP contribution < -0.4 is 0 Å². The average molecular weight is 277 g/mol. The highest BCUT2D eigenvalue weighted by Crippen LogP contribution is 1.98. The Kier molecular flexibility index (Phi) is 13.0. The second kappa shape index (κ2) is 13.2. The van der Waals surface area contributed by atoms with Crippen LogP contribution in [0.1, 0.15) is 39.5 Å². The van der Waals surface area contributed by atoms with Crippen molar-refractivity contribution in [2.75, 3.05) is 39.5 Å². The molecule has 0 aromatic heterocycles. The van der Waals surface area contributed by atoms with Gasteiger partial charge in [-0.3, -0.25) is 4.79 Å². The van der Waals surface area contributed by atoms with Crippen LogP contribution in [0.15, 0.2) is 0 Å². The molecule has 108 valence electrons. The van der Waals surface area contributed by atoms with Crippen molar-refractivity contribution in [3.8, 4) is 0 Å². The van der Waals surface area contributed by atoms with Crippen molar-refractivity contribution in [2.45, 2.75) is 39.5 Å². The Morgan fingerprint density at radius 2 is 1.39 bits per heavy atom. The van der Waals surface area contributed by atoms with Crippen molar-refractivity contribution in [3.63, 3.8) is 0 Å². The van der Waals surface area contributed by atoms with Crippen molar-refractivity contribution >= 4 is 17.9 Å². The molecule has 0 bridgehead atoms. The monoisotopic (exact) mass is 277 g/mol. The minimum absolute atomic E-state index is 0.215. The lowest BCUT2D eigenvalue weighted by Gasteiger charge is -2.20. The van der Waals surface area contributed by atoms with Gasteiger partial charge in [-0.2, -0.15) is 0 Å². The number of nitrogens with zero attached hydrogens (tertiary/aromatic N) is 1. The molecule has 0 aliphatic carbocycles. The highest BCUT2D eigenvalue weighted by atomic mass is 32.1. The smallest absolute Gasteiger partial charge is 0.278 e. The largest absolute Gasteiger partial charge is 0.380 e. The van der Waals surface area contributed by atoms with Gasteiger partial charge in [0.2, 0.25) is 0 Å². The predicted molar refractivity (Wildman–Crippen MR) is 77.4 cm³/mol. The van der Waals surface area contributed by atoms with Gasteiger partial charge in [0, 0.05) is 26.3 Å². The summed E-state index contributed by atoms with van der Waals surface area (Å²) in [6, 6.07) is 0. The molecule has 1 amide bonds. The van der Waals surface area contributed by atoms with E-state index in [-0.39, 0.29) is 5.24 Å². The van der Waals surface area contributed by atoms with Crippen LogP contribution in [0.2, 0.25) is 0 Å². The molecule has 0 radical (unpaired) electrons. The molecule has 0 N–H and O–H groups in total. The molecule has 0 fully saturated rings. The summed E-state index contributed by atoms with van der Waals surface area (Å²) in [6.45, 7) is 8.09. The number of unbranched alkanes of at least 4 members (excludes halogenated alkanes) is 2. The molecule has 5 heteroatoms. The van der Waals surface area contributed by atoms with Crippen LogP contribution in [-0.4, -0.2) is 49.7 Å². The summed E-state index contributed by atoms with van der Waals surface area (Å²) in [7, 11) is 0. The van der Waals surface area contributed by atoms with E-state index in [2.05, 4.69) is 26.5 Å². The fourth-order valence-electron chi connectivity index (χ4n) is 1.35. The molecule has 0 aromatic carbocycles. The molecule has 0 saturated carbocycles. The molecule has 0 aliphatic rings. The number of ether oxygens (including phenoxy) is 2. The second-order valence-electron chi connectivity index (χ2n) is 4.20. The number of rotatable bonds is 12. The normalized spacial score (nSPS) is 10.6. The van der Waals surface area contributed by atoms with Gasteiger partial charge in [0.25, 0.3) is 5.24 Å². The molecule has 0 atom stereocenters. The van der Waals surface area contributed by atoms with Crippen LogP contribution in [0, 0.1) is 0 Å². The maximum Gasteiger partial charge on any atom is 0.278 e. The molecule has 0 spiro atoms. The third kappa shape index (κ3) is 10.9. The lowest BCUT2D eigenvalue weighted by Crippen LogP contribution is -2.33. The Morgan fingerprint density at radius 1 is 0.944 bits per heavy atom. The molecule has 0 aliphatic heterocycles. The lowest BCUT2D eigenvalue weighted by atomic mass is 10.4. The zero-order chi connectivity index (χ0) is 13.6. The first-order valence-electron chi connectivity index (χ1n) is 6.85. The minimum atomic E-state index is -0.215.